The first-order valence-electron chi connectivity index (χ1n) is 7.28. The summed E-state index contributed by atoms with van der Waals surface area (Å²) < 4.78 is 5.34. The number of nitrogens with one attached hydrogen (secondary N) is 2. The highest BCUT2D eigenvalue weighted by Crippen LogP contribution is 2.16. The lowest BCUT2D eigenvalue weighted by Gasteiger charge is -2.27. The third kappa shape index (κ3) is 4.15. The van der Waals surface area contributed by atoms with Gasteiger partial charge in [-0.25, -0.2) is 0 Å². The Morgan fingerprint density at radius 2 is 1.86 bits per heavy atom. The van der Waals surface area contributed by atoms with Crippen LogP contribution in [0.4, 0.5) is 17.8 Å². The second-order valence-corrected chi connectivity index (χ2v) is 5.31. The van der Waals surface area contributed by atoms with E-state index in [4.69, 9.17) is 4.74 Å². The van der Waals surface area contributed by atoms with Crippen LogP contribution < -0.4 is 15.5 Å². The Morgan fingerprint density at radius 3 is 2.43 bits per heavy atom. The fourth-order valence-electron chi connectivity index (χ4n) is 2.03. The summed E-state index contributed by atoms with van der Waals surface area (Å²) in [6, 6.07) is -0.0883. The smallest absolute Gasteiger partial charge is 0.232 e. The molecule has 1 aromatic rings. The van der Waals surface area contributed by atoms with E-state index in [1.807, 2.05) is 13.8 Å². The molecule has 0 spiro atoms. The van der Waals surface area contributed by atoms with Crippen LogP contribution in [-0.2, 0) is 4.74 Å². The summed E-state index contributed by atoms with van der Waals surface area (Å²) in [7, 11) is 1.77. The molecule has 2 rings (SSSR count). The molecule has 8 heteroatoms. The zero-order valence-electron chi connectivity index (χ0n) is 12.8. The molecule has 2 heterocycles. The number of aliphatic hydroxyl groups is 1. The zero-order valence-corrected chi connectivity index (χ0v) is 12.8. The van der Waals surface area contributed by atoms with Gasteiger partial charge in [-0.3, -0.25) is 0 Å². The van der Waals surface area contributed by atoms with Crippen molar-refractivity contribution in [3.05, 3.63) is 0 Å². The van der Waals surface area contributed by atoms with Crippen molar-refractivity contribution < 1.29 is 9.84 Å². The molecule has 1 aliphatic rings. The van der Waals surface area contributed by atoms with Crippen LogP contribution in [0.2, 0.25) is 0 Å². The quantitative estimate of drug-likeness (QED) is 0.684. The Labute approximate surface area is 125 Å². The second kappa shape index (κ2) is 7.37. The van der Waals surface area contributed by atoms with Crippen molar-refractivity contribution in [1.29, 1.82) is 0 Å². The Hall–Kier alpha value is -1.67. The summed E-state index contributed by atoms with van der Waals surface area (Å²) >= 11 is 0. The molecule has 1 unspecified atom stereocenters. The number of ether oxygens (including phenoxy) is 1. The first-order valence-corrected chi connectivity index (χ1v) is 7.28. The molecule has 0 aromatic carbocycles. The predicted molar refractivity (Wildman–Crippen MR) is 81.7 cm³/mol. The van der Waals surface area contributed by atoms with Crippen LogP contribution in [-0.4, -0.2) is 66.1 Å². The van der Waals surface area contributed by atoms with Crippen LogP contribution in [0.25, 0.3) is 0 Å². The van der Waals surface area contributed by atoms with E-state index in [0.29, 0.717) is 31.1 Å². The van der Waals surface area contributed by atoms with Crippen LogP contribution in [0.3, 0.4) is 0 Å². The first kappa shape index (κ1) is 15.7. The average molecular weight is 296 g/mol. The van der Waals surface area contributed by atoms with Gasteiger partial charge in [-0.15, -0.1) is 0 Å². The molecular weight excluding hydrogens is 272 g/mol. The second-order valence-electron chi connectivity index (χ2n) is 5.31. The highest BCUT2D eigenvalue weighted by atomic mass is 16.5. The van der Waals surface area contributed by atoms with Gasteiger partial charge in [-0.2, -0.15) is 15.0 Å². The van der Waals surface area contributed by atoms with Crippen LogP contribution in [0.15, 0.2) is 0 Å². The average Bonchev–Trinajstić information content (AvgIpc) is 2.52. The fourth-order valence-corrected chi connectivity index (χ4v) is 2.03. The molecule has 21 heavy (non-hydrogen) atoms. The van der Waals surface area contributed by atoms with Gasteiger partial charge < -0.3 is 25.4 Å². The molecule has 0 bridgehead atoms. The van der Waals surface area contributed by atoms with Gasteiger partial charge in [0.2, 0.25) is 17.8 Å². The summed E-state index contributed by atoms with van der Waals surface area (Å²) in [6.07, 6.45) is 0. The lowest BCUT2D eigenvalue weighted by Crippen LogP contribution is -2.38. The molecule has 1 aromatic heterocycles. The van der Waals surface area contributed by atoms with Gasteiger partial charge in [0.25, 0.3) is 0 Å². The van der Waals surface area contributed by atoms with E-state index in [9.17, 15) is 5.11 Å². The lowest BCUT2D eigenvalue weighted by atomic mass is 10.1. The molecule has 0 amide bonds. The molecule has 1 fully saturated rings. The molecular formula is C13H24N6O2. The molecule has 118 valence electrons. The Bertz CT molecular complexity index is 450. The molecule has 1 atom stereocenters. The minimum atomic E-state index is -0.0883. The highest BCUT2D eigenvalue weighted by Gasteiger charge is 2.18. The number of morpholine rings is 1. The fraction of sp³-hybridized carbons (Fsp3) is 0.769. The van der Waals surface area contributed by atoms with Crippen molar-refractivity contribution >= 4 is 17.8 Å². The van der Waals surface area contributed by atoms with Gasteiger partial charge in [0.15, 0.2) is 0 Å². The largest absolute Gasteiger partial charge is 0.394 e. The molecule has 8 nitrogen and oxygen atoms in total. The number of aliphatic hydroxyl groups excluding tert-OH is 1. The zero-order chi connectivity index (χ0) is 15.2. The minimum Gasteiger partial charge on any atom is -0.394 e. The molecule has 1 aliphatic heterocycles. The third-order valence-electron chi connectivity index (χ3n) is 3.46. The summed E-state index contributed by atoms with van der Waals surface area (Å²) in [6.45, 7) is 6.99. The summed E-state index contributed by atoms with van der Waals surface area (Å²) in [4.78, 5) is 15.2. The van der Waals surface area contributed by atoms with E-state index in [2.05, 4.69) is 30.5 Å². The standard InChI is InChI=1S/C13H24N6O2/c1-9(2)10(8-20)15-12-16-11(14-3)17-13(18-12)19-4-6-21-7-5-19/h9-10,20H,4-8H2,1-3H3,(H2,14,15,16,17,18). The third-order valence-corrected chi connectivity index (χ3v) is 3.46. The maximum Gasteiger partial charge on any atom is 0.232 e. The summed E-state index contributed by atoms with van der Waals surface area (Å²) in [5, 5.41) is 15.5. The summed E-state index contributed by atoms with van der Waals surface area (Å²) in [5.74, 6) is 1.88. The minimum absolute atomic E-state index is 0.0329. The van der Waals surface area contributed by atoms with Crippen molar-refractivity contribution in [3.63, 3.8) is 0 Å². The number of anilines is 3. The first-order chi connectivity index (χ1) is 10.1. The Morgan fingerprint density at radius 1 is 1.19 bits per heavy atom. The van der Waals surface area contributed by atoms with E-state index in [0.717, 1.165) is 13.1 Å². The summed E-state index contributed by atoms with van der Waals surface area (Å²) in [5.41, 5.74) is 0. The normalized spacial score (nSPS) is 16.9. The van der Waals surface area contributed by atoms with Crippen molar-refractivity contribution in [2.24, 2.45) is 5.92 Å². The van der Waals surface area contributed by atoms with Crippen molar-refractivity contribution in [2.75, 3.05) is 55.5 Å². The molecule has 0 saturated carbocycles. The van der Waals surface area contributed by atoms with Crippen LogP contribution in [0, 0.1) is 5.92 Å². The van der Waals surface area contributed by atoms with Crippen molar-refractivity contribution in [1.82, 2.24) is 15.0 Å². The van der Waals surface area contributed by atoms with Gasteiger partial charge in [-0.1, -0.05) is 13.8 Å². The van der Waals surface area contributed by atoms with E-state index in [-0.39, 0.29) is 18.6 Å². The van der Waals surface area contributed by atoms with E-state index >= 15 is 0 Å². The Kier molecular flexibility index (Phi) is 5.51. The SMILES string of the molecule is CNc1nc(NC(CO)C(C)C)nc(N2CCOCC2)n1. The van der Waals surface area contributed by atoms with Crippen LogP contribution >= 0.6 is 0 Å². The van der Waals surface area contributed by atoms with Gasteiger partial charge in [0.1, 0.15) is 0 Å². The number of nitrogens with zero attached hydrogens (tertiary/aromatic N) is 4. The number of hydrogen-bond acceptors (Lipinski definition) is 8. The Balaban J connectivity index is 2.20. The van der Waals surface area contributed by atoms with Gasteiger partial charge in [0.05, 0.1) is 25.9 Å². The van der Waals surface area contributed by atoms with E-state index in [1.165, 1.54) is 0 Å². The van der Waals surface area contributed by atoms with Crippen LogP contribution in [0.1, 0.15) is 13.8 Å². The van der Waals surface area contributed by atoms with Crippen molar-refractivity contribution in [3.8, 4) is 0 Å². The van der Waals surface area contributed by atoms with Crippen LogP contribution in [0.5, 0.6) is 0 Å². The molecule has 0 aliphatic carbocycles. The van der Waals surface area contributed by atoms with Crippen molar-refractivity contribution in [2.45, 2.75) is 19.9 Å². The highest BCUT2D eigenvalue weighted by molar-refractivity contribution is 5.44. The predicted octanol–water partition coefficient (Wildman–Crippen LogP) is 0.179. The topological polar surface area (TPSA) is 95.4 Å². The molecule has 1 saturated heterocycles. The lowest BCUT2D eigenvalue weighted by molar-refractivity contribution is 0.122. The van der Waals surface area contributed by atoms with Gasteiger partial charge >= 0.3 is 0 Å². The molecule has 3 N–H and O–H groups in total. The number of rotatable bonds is 6. The van der Waals surface area contributed by atoms with E-state index < -0.39 is 0 Å². The van der Waals surface area contributed by atoms with E-state index in [1.54, 1.807) is 7.05 Å². The number of aromatic nitrogens is 3. The van der Waals surface area contributed by atoms with Gasteiger partial charge in [0, 0.05) is 20.1 Å². The van der Waals surface area contributed by atoms with Gasteiger partial charge in [-0.05, 0) is 5.92 Å². The monoisotopic (exact) mass is 296 g/mol. The molecule has 0 radical (unpaired) electrons. The maximum atomic E-state index is 9.43. The maximum absolute atomic E-state index is 9.43. The number of hydrogen-bond donors (Lipinski definition) is 3.